The number of rotatable bonds is 1. The largest absolute Gasteiger partial charge is 0.478 e. The van der Waals surface area contributed by atoms with Crippen molar-refractivity contribution in [1.82, 2.24) is 0 Å². The van der Waals surface area contributed by atoms with E-state index in [1.165, 1.54) is 0 Å². The molecule has 2 nitrogen and oxygen atoms in total. The van der Waals surface area contributed by atoms with Crippen LogP contribution in [0.1, 0.15) is 6.92 Å². The van der Waals surface area contributed by atoms with Gasteiger partial charge in [-0.3, -0.25) is 0 Å². The molecule has 0 aromatic carbocycles. The molecule has 1 radical (unpaired) electrons. The number of hydrogen-bond donors (Lipinski definition) is 1. The molecule has 0 fully saturated rings. The highest BCUT2D eigenvalue weighted by molar-refractivity contribution is 5.80. The Bertz CT molecular complexity index is 98.6. The normalized spacial score (nSPS) is 11.4. The number of hydrogen-bond acceptors (Lipinski definition) is 1. The number of carboxylic acid groups (broad SMARTS) is 1. The number of carbonyl (C=O) groups is 1. The molecule has 0 heterocycles. The Morgan fingerprint density at radius 3 is 2.29 bits per heavy atom. The Labute approximate surface area is 42.5 Å². The predicted octanol–water partition coefficient (Wildman–Crippen LogP) is 0.851. The van der Waals surface area contributed by atoms with E-state index in [0.717, 1.165) is 6.08 Å². The SMILES string of the molecule is [CH2]/C(C)=C/C(=O)O. The molecule has 0 aliphatic rings. The molecule has 2 heteroatoms. The zero-order valence-electron chi connectivity index (χ0n) is 4.14. The van der Waals surface area contributed by atoms with Gasteiger partial charge in [-0.15, -0.1) is 0 Å². The van der Waals surface area contributed by atoms with Crippen LogP contribution in [0.5, 0.6) is 0 Å². The number of aliphatic carboxylic acids is 1. The Morgan fingerprint density at radius 1 is 1.86 bits per heavy atom. The van der Waals surface area contributed by atoms with Gasteiger partial charge in [0.15, 0.2) is 0 Å². The third-order valence-corrected chi connectivity index (χ3v) is 0.370. The van der Waals surface area contributed by atoms with Gasteiger partial charge in [0, 0.05) is 6.08 Å². The summed E-state index contributed by atoms with van der Waals surface area (Å²) in [5, 5.41) is 7.97. The van der Waals surface area contributed by atoms with E-state index in [1.54, 1.807) is 6.92 Å². The van der Waals surface area contributed by atoms with E-state index in [0.29, 0.717) is 5.57 Å². The van der Waals surface area contributed by atoms with Gasteiger partial charge in [-0.05, 0) is 13.8 Å². The van der Waals surface area contributed by atoms with Gasteiger partial charge in [-0.2, -0.15) is 0 Å². The Kier molecular flexibility index (Phi) is 2.12. The van der Waals surface area contributed by atoms with Crippen molar-refractivity contribution in [3.8, 4) is 0 Å². The lowest BCUT2D eigenvalue weighted by atomic mass is 10.3. The first kappa shape index (κ1) is 6.21. The van der Waals surface area contributed by atoms with Crippen molar-refractivity contribution >= 4 is 5.97 Å². The second kappa shape index (κ2) is 2.39. The summed E-state index contributed by atoms with van der Waals surface area (Å²) < 4.78 is 0. The summed E-state index contributed by atoms with van der Waals surface area (Å²) >= 11 is 0. The van der Waals surface area contributed by atoms with Gasteiger partial charge in [0.25, 0.3) is 0 Å². The van der Waals surface area contributed by atoms with Crippen molar-refractivity contribution in [2.24, 2.45) is 0 Å². The van der Waals surface area contributed by atoms with Gasteiger partial charge in [0.2, 0.25) is 0 Å². The van der Waals surface area contributed by atoms with E-state index < -0.39 is 5.97 Å². The molecule has 0 saturated carbocycles. The highest BCUT2D eigenvalue weighted by Crippen LogP contribution is 1.84. The molecule has 0 bridgehead atoms. The maximum absolute atomic E-state index is 9.69. The Hall–Kier alpha value is -0.790. The molecule has 0 aliphatic carbocycles. The predicted molar refractivity (Wildman–Crippen MR) is 26.7 cm³/mol. The summed E-state index contributed by atoms with van der Waals surface area (Å²) in [6, 6.07) is 0. The number of carboxylic acids is 1. The minimum atomic E-state index is -0.937. The van der Waals surface area contributed by atoms with E-state index in [2.05, 4.69) is 6.92 Å². The standard InChI is InChI=1S/C5H7O2/c1-4(2)3-5(6)7/h3H,1H2,2H3,(H,6,7)/b4-3-. The summed E-state index contributed by atoms with van der Waals surface area (Å²) in [6.45, 7) is 4.99. The molecule has 1 N–H and O–H groups in total. The van der Waals surface area contributed by atoms with Crippen LogP contribution in [0, 0.1) is 6.92 Å². The molecule has 0 aliphatic heterocycles. The summed E-state index contributed by atoms with van der Waals surface area (Å²) in [6.07, 6.45) is 1.06. The van der Waals surface area contributed by atoms with Crippen LogP contribution in [0.2, 0.25) is 0 Å². The lowest BCUT2D eigenvalue weighted by Gasteiger charge is -1.79. The third-order valence-electron chi connectivity index (χ3n) is 0.370. The van der Waals surface area contributed by atoms with Crippen LogP contribution in [0.25, 0.3) is 0 Å². The maximum Gasteiger partial charge on any atom is 0.328 e. The molecule has 0 atom stereocenters. The van der Waals surface area contributed by atoms with Crippen LogP contribution >= 0.6 is 0 Å². The van der Waals surface area contributed by atoms with Crippen LogP contribution < -0.4 is 0 Å². The first-order chi connectivity index (χ1) is 3.13. The molecule has 0 amide bonds. The molecule has 0 aromatic rings. The van der Waals surface area contributed by atoms with Gasteiger partial charge in [0.1, 0.15) is 0 Å². The summed E-state index contributed by atoms with van der Waals surface area (Å²) in [7, 11) is 0. The monoisotopic (exact) mass is 99.0 g/mol. The average molecular weight is 99.1 g/mol. The minimum absolute atomic E-state index is 0.563. The smallest absolute Gasteiger partial charge is 0.328 e. The molecule has 39 valence electrons. The summed E-state index contributed by atoms with van der Waals surface area (Å²) in [5.74, 6) is -0.937. The molecular formula is C5H7O2. The molecular weight excluding hydrogens is 92.1 g/mol. The fourth-order valence-electron chi connectivity index (χ4n) is 0.211. The quantitative estimate of drug-likeness (QED) is 0.495. The van der Waals surface area contributed by atoms with Gasteiger partial charge < -0.3 is 5.11 Å². The van der Waals surface area contributed by atoms with E-state index >= 15 is 0 Å². The van der Waals surface area contributed by atoms with Crippen LogP contribution in [0.3, 0.4) is 0 Å². The third kappa shape index (κ3) is 5.21. The highest BCUT2D eigenvalue weighted by atomic mass is 16.4. The van der Waals surface area contributed by atoms with E-state index in [-0.39, 0.29) is 0 Å². The number of allylic oxidation sites excluding steroid dienone is 1. The first-order valence-electron chi connectivity index (χ1n) is 1.86. The molecule has 0 unspecified atom stereocenters. The van der Waals surface area contributed by atoms with Crippen molar-refractivity contribution in [2.45, 2.75) is 6.92 Å². The summed E-state index contributed by atoms with van der Waals surface area (Å²) in [5.41, 5.74) is 0.563. The van der Waals surface area contributed by atoms with E-state index in [9.17, 15) is 4.79 Å². The molecule has 7 heavy (non-hydrogen) atoms. The molecule has 0 aromatic heterocycles. The second-order valence-corrected chi connectivity index (χ2v) is 1.33. The molecule has 0 rings (SSSR count). The molecule has 0 saturated heterocycles. The van der Waals surface area contributed by atoms with Gasteiger partial charge in [0.05, 0.1) is 0 Å². The Morgan fingerprint density at radius 2 is 2.29 bits per heavy atom. The Balaban J connectivity index is 3.68. The van der Waals surface area contributed by atoms with Crippen LogP contribution in [0.4, 0.5) is 0 Å². The lowest BCUT2D eigenvalue weighted by molar-refractivity contribution is -0.131. The van der Waals surface area contributed by atoms with E-state index in [4.69, 9.17) is 5.11 Å². The van der Waals surface area contributed by atoms with Gasteiger partial charge in [-0.1, -0.05) is 5.57 Å². The fraction of sp³-hybridized carbons (Fsp3) is 0.200. The topological polar surface area (TPSA) is 37.3 Å². The first-order valence-corrected chi connectivity index (χ1v) is 1.86. The van der Waals surface area contributed by atoms with Crippen molar-refractivity contribution < 1.29 is 9.90 Å². The van der Waals surface area contributed by atoms with Crippen molar-refractivity contribution in [2.75, 3.05) is 0 Å². The zero-order valence-corrected chi connectivity index (χ0v) is 4.14. The fourth-order valence-corrected chi connectivity index (χ4v) is 0.211. The maximum atomic E-state index is 9.69. The van der Waals surface area contributed by atoms with Gasteiger partial charge >= 0.3 is 5.97 Å². The minimum Gasteiger partial charge on any atom is -0.478 e. The van der Waals surface area contributed by atoms with Crippen molar-refractivity contribution in [3.05, 3.63) is 18.6 Å². The van der Waals surface area contributed by atoms with Crippen LogP contribution in [-0.4, -0.2) is 11.1 Å². The highest BCUT2D eigenvalue weighted by Gasteiger charge is 1.83. The second-order valence-electron chi connectivity index (χ2n) is 1.33. The van der Waals surface area contributed by atoms with Gasteiger partial charge in [-0.25, -0.2) is 4.79 Å². The van der Waals surface area contributed by atoms with Crippen molar-refractivity contribution in [1.29, 1.82) is 0 Å². The summed E-state index contributed by atoms with van der Waals surface area (Å²) in [4.78, 5) is 9.69. The van der Waals surface area contributed by atoms with E-state index in [1.807, 2.05) is 0 Å². The van der Waals surface area contributed by atoms with Crippen LogP contribution in [0.15, 0.2) is 11.6 Å². The van der Waals surface area contributed by atoms with Crippen LogP contribution in [-0.2, 0) is 4.79 Å². The average Bonchev–Trinajstić information content (AvgIpc) is 1.27. The molecule has 0 spiro atoms. The lowest BCUT2D eigenvalue weighted by Crippen LogP contribution is -1.86. The zero-order chi connectivity index (χ0) is 5.86. The van der Waals surface area contributed by atoms with Crippen molar-refractivity contribution in [3.63, 3.8) is 0 Å².